The van der Waals surface area contributed by atoms with Gasteiger partial charge in [-0.3, -0.25) is 14.7 Å². The average Bonchev–Trinajstić information content (AvgIpc) is 3.19. The molecule has 1 amide bonds. The quantitative estimate of drug-likeness (QED) is 0.790. The minimum Gasteiger partial charge on any atom is -0.481 e. The average molecular weight is 303 g/mol. The molecule has 6 nitrogen and oxygen atoms in total. The molecule has 3 N–H and O–H groups in total. The van der Waals surface area contributed by atoms with Crippen molar-refractivity contribution in [2.24, 2.45) is 0 Å². The number of aromatic amines is 1. The molecule has 1 aromatic carbocycles. The third-order valence-electron chi connectivity index (χ3n) is 3.50. The summed E-state index contributed by atoms with van der Waals surface area (Å²) in [7, 11) is 0. The Morgan fingerprint density at radius 2 is 2.14 bits per heavy atom. The van der Waals surface area contributed by atoms with E-state index in [4.69, 9.17) is 5.11 Å². The third-order valence-corrected chi connectivity index (χ3v) is 3.50. The summed E-state index contributed by atoms with van der Waals surface area (Å²) in [6, 6.07) is 5.61. The van der Waals surface area contributed by atoms with Crippen molar-refractivity contribution in [1.82, 2.24) is 10.2 Å². The van der Waals surface area contributed by atoms with E-state index in [-0.39, 0.29) is 16.9 Å². The van der Waals surface area contributed by atoms with Crippen LogP contribution in [-0.4, -0.2) is 27.2 Å². The van der Waals surface area contributed by atoms with Crippen molar-refractivity contribution in [3.8, 4) is 0 Å². The third kappa shape index (κ3) is 3.13. The van der Waals surface area contributed by atoms with Crippen LogP contribution >= 0.6 is 0 Å². The summed E-state index contributed by atoms with van der Waals surface area (Å²) in [4.78, 5) is 22.6. The second-order valence-electron chi connectivity index (χ2n) is 5.31. The van der Waals surface area contributed by atoms with Crippen molar-refractivity contribution >= 4 is 17.6 Å². The highest BCUT2D eigenvalue weighted by Gasteiger charge is 2.26. The molecule has 2 aromatic rings. The molecule has 1 aromatic heterocycles. The summed E-state index contributed by atoms with van der Waals surface area (Å²) in [6.45, 7) is 0. The fourth-order valence-corrected chi connectivity index (χ4v) is 2.18. The molecule has 1 fully saturated rings. The number of hydrogen-bond donors (Lipinski definition) is 3. The highest BCUT2D eigenvalue weighted by molar-refractivity contribution is 6.02. The van der Waals surface area contributed by atoms with Crippen LogP contribution in [0.5, 0.6) is 0 Å². The summed E-state index contributed by atoms with van der Waals surface area (Å²) < 4.78 is 13.7. The normalized spacial score (nSPS) is 13.9. The molecule has 0 bridgehead atoms. The van der Waals surface area contributed by atoms with Gasteiger partial charge in [-0.1, -0.05) is 6.07 Å². The molecule has 0 atom stereocenters. The standard InChI is InChI=1S/C15H14FN3O3/c16-11-6-10(4-3-9(11)5-14(20)21)17-15(22)13-7-12(18-19-13)8-1-2-8/h3-4,6-8H,1-2,5H2,(H,17,22)(H,18,19)(H,20,21). The Kier molecular flexibility index (Phi) is 3.62. The van der Waals surface area contributed by atoms with Crippen molar-refractivity contribution in [1.29, 1.82) is 0 Å². The van der Waals surface area contributed by atoms with Gasteiger partial charge in [0.05, 0.1) is 6.42 Å². The number of aliphatic carboxylic acids is 1. The summed E-state index contributed by atoms with van der Waals surface area (Å²) in [5.41, 5.74) is 1.51. The maximum Gasteiger partial charge on any atom is 0.307 e. The number of nitrogens with one attached hydrogen (secondary N) is 2. The Morgan fingerprint density at radius 1 is 1.36 bits per heavy atom. The molecule has 1 aliphatic carbocycles. The van der Waals surface area contributed by atoms with Gasteiger partial charge in [0.25, 0.3) is 5.91 Å². The largest absolute Gasteiger partial charge is 0.481 e. The zero-order valence-electron chi connectivity index (χ0n) is 11.6. The van der Waals surface area contributed by atoms with Crippen LogP contribution in [0.1, 0.15) is 40.5 Å². The molecule has 0 spiro atoms. The number of nitrogens with zero attached hydrogens (tertiary/aromatic N) is 1. The van der Waals surface area contributed by atoms with Gasteiger partial charge in [-0.25, -0.2) is 4.39 Å². The maximum atomic E-state index is 13.7. The van der Waals surface area contributed by atoms with Crippen LogP contribution < -0.4 is 5.32 Å². The van der Waals surface area contributed by atoms with Crippen LogP contribution in [0, 0.1) is 5.82 Å². The van der Waals surface area contributed by atoms with E-state index in [0.29, 0.717) is 5.92 Å². The zero-order chi connectivity index (χ0) is 15.7. The first-order valence-corrected chi connectivity index (χ1v) is 6.90. The van der Waals surface area contributed by atoms with E-state index in [0.717, 1.165) is 24.6 Å². The minimum absolute atomic E-state index is 0.0706. The van der Waals surface area contributed by atoms with Crippen LogP contribution in [-0.2, 0) is 11.2 Å². The number of benzene rings is 1. The van der Waals surface area contributed by atoms with Crippen LogP contribution in [0.15, 0.2) is 24.3 Å². The van der Waals surface area contributed by atoms with Gasteiger partial charge in [-0.05, 0) is 36.6 Å². The Labute approximate surface area is 125 Å². The predicted molar refractivity (Wildman–Crippen MR) is 76.3 cm³/mol. The van der Waals surface area contributed by atoms with E-state index in [1.807, 2.05) is 0 Å². The monoisotopic (exact) mass is 303 g/mol. The number of hydrogen-bond acceptors (Lipinski definition) is 3. The molecule has 0 unspecified atom stereocenters. The Bertz CT molecular complexity index is 737. The lowest BCUT2D eigenvalue weighted by Gasteiger charge is -2.05. The van der Waals surface area contributed by atoms with Gasteiger partial charge < -0.3 is 10.4 Å². The first-order valence-electron chi connectivity index (χ1n) is 6.90. The van der Waals surface area contributed by atoms with E-state index < -0.39 is 24.1 Å². The van der Waals surface area contributed by atoms with Crippen LogP contribution in [0.2, 0.25) is 0 Å². The Balaban J connectivity index is 1.70. The predicted octanol–water partition coefficient (Wildman–Crippen LogP) is 2.31. The second-order valence-corrected chi connectivity index (χ2v) is 5.31. The fraction of sp³-hybridized carbons (Fsp3) is 0.267. The Hall–Kier alpha value is -2.70. The van der Waals surface area contributed by atoms with Gasteiger partial charge in [-0.2, -0.15) is 5.10 Å². The number of carboxylic acids is 1. The molecule has 3 rings (SSSR count). The molecule has 7 heteroatoms. The number of H-pyrrole nitrogens is 1. The molecule has 0 aliphatic heterocycles. The molecule has 0 saturated heterocycles. The number of rotatable bonds is 5. The number of halogens is 1. The van der Waals surface area contributed by atoms with E-state index in [1.54, 1.807) is 6.07 Å². The lowest BCUT2D eigenvalue weighted by Crippen LogP contribution is -2.13. The van der Waals surface area contributed by atoms with Gasteiger partial charge >= 0.3 is 5.97 Å². The van der Waals surface area contributed by atoms with Gasteiger partial charge in [0.2, 0.25) is 0 Å². The van der Waals surface area contributed by atoms with Gasteiger partial charge in [-0.15, -0.1) is 0 Å². The van der Waals surface area contributed by atoms with E-state index in [2.05, 4.69) is 15.5 Å². The number of aromatic nitrogens is 2. The molecular weight excluding hydrogens is 289 g/mol. The van der Waals surface area contributed by atoms with E-state index in [1.165, 1.54) is 12.1 Å². The van der Waals surface area contributed by atoms with Gasteiger partial charge in [0.1, 0.15) is 5.82 Å². The van der Waals surface area contributed by atoms with E-state index in [9.17, 15) is 14.0 Å². The number of anilines is 1. The first-order chi connectivity index (χ1) is 10.5. The fourth-order valence-electron chi connectivity index (χ4n) is 2.18. The highest BCUT2D eigenvalue weighted by Crippen LogP contribution is 2.39. The maximum absolute atomic E-state index is 13.7. The van der Waals surface area contributed by atoms with Crippen molar-refractivity contribution in [2.45, 2.75) is 25.2 Å². The smallest absolute Gasteiger partial charge is 0.307 e. The number of carbonyl (C=O) groups is 2. The topological polar surface area (TPSA) is 95.1 Å². The van der Waals surface area contributed by atoms with Crippen molar-refractivity contribution in [3.05, 3.63) is 47.0 Å². The molecule has 114 valence electrons. The number of carbonyl (C=O) groups excluding carboxylic acids is 1. The highest BCUT2D eigenvalue weighted by atomic mass is 19.1. The Morgan fingerprint density at radius 3 is 2.77 bits per heavy atom. The molecular formula is C15H14FN3O3. The van der Waals surface area contributed by atoms with Crippen molar-refractivity contribution in [3.63, 3.8) is 0 Å². The van der Waals surface area contributed by atoms with E-state index >= 15 is 0 Å². The lowest BCUT2D eigenvalue weighted by atomic mass is 10.1. The SMILES string of the molecule is O=C(O)Cc1ccc(NC(=O)c2cc(C3CC3)[nH]n2)cc1F. The van der Waals surface area contributed by atoms with Crippen LogP contribution in [0.25, 0.3) is 0 Å². The zero-order valence-corrected chi connectivity index (χ0v) is 11.6. The van der Waals surface area contributed by atoms with Crippen molar-refractivity contribution < 1.29 is 19.1 Å². The minimum atomic E-state index is -1.11. The summed E-state index contributed by atoms with van der Waals surface area (Å²) in [5.74, 6) is -1.75. The molecule has 1 saturated carbocycles. The summed E-state index contributed by atoms with van der Waals surface area (Å²) >= 11 is 0. The number of amides is 1. The van der Waals surface area contributed by atoms with Gasteiger partial charge in [0.15, 0.2) is 5.69 Å². The molecule has 1 aliphatic rings. The summed E-state index contributed by atoms with van der Waals surface area (Å²) in [6.07, 6.45) is 1.79. The lowest BCUT2D eigenvalue weighted by molar-refractivity contribution is -0.136. The van der Waals surface area contributed by atoms with Crippen molar-refractivity contribution in [2.75, 3.05) is 5.32 Å². The molecule has 22 heavy (non-hydrogen) atoms. The first kappa shape index (κ1) is 14.2. The van der Waals surface area contributed by atoms with Gasteiger partial charge in [0, 0.05) is 17.3 Å². The summed E-state index contributed by atoms with van der Waals surface area (Å²) in [5, 5.41) is 18.0. The number of carboxylic acid groups (broad SMARTS) is 1. The molecule has 1 heterocycles. The van der Waals surface area contributed by atoms with Crippen LogP contribution in [0.3, 0.4) is 0 Å². The second kappa shape index (κ2) is 5.59. The van der Waals surface area contributed by atoms with Crippen LogP contribution in [0.4, 0.5) is 10.1 Å². The molecule has 0 radical (unpaired) electrons.